The predicted octanol–water partition coefficient (Wildman–Crippen LogP) is 4.38. The minimum absolute atomic E-state index is 0.0344. The van der Waals surface area contributed by atoms with E-state index in [4.69, 9.17) is 5.73 Å². The Morgan fingerprint density at radius 2 is 1.79 bits per heavy atom. The van der Waals surface area contributed by atoms with Crippen LogP contribution in [-0.2, 0) is 19.1 Å². The molecule has 1 amide bonds. The summed E-state index contributed by atoms with van der Waals surface area (Å²) in [7, 11) is 0.767. The van der Waals surface area contributed by atoms with Gasteiger partial charge in [0, 0.05) is 11.9 Å². The molecule has 0 aliphatic heterocycles. The zero-order valence-electron chi connectivity index (χ0n) is 16.3. The molecule has 1 saturated carbocycles. The van der Waals surface area contributed by atoms with E-state index in [1.54, 1.807) is 0 Å². The molecule has 33 heavy (non-hydrogen) atoms. The van der Waals surface area contributed by atoms with Crippen molar-refractivity contribution in [2.24, 2.45) is 12.8 Å². The lowest BCUT2D eigenvalue weighted by Crippen LogP contribution is -2.36. The van der Waals surface area contributed by atoms with E-state index in [1.807, 2.05) is 0 Å². The molecule has 3 aromatic rings. The van der Waals surface area contributed by atoms with E-state index in [2.05, 4.69) is 15.4 Å². The van der Waals surface area contributed by atoms with Gasteiger partial charge in [0.15, 0.2) is 11.5 Å². The van der Waals surface area contributed by atoms with Crippen molar-refractivity contribution >= 4 is 17.2 Å². The molecular weight excluding hydrogens is 488 g/mol. The highest BCUT2D eigenvalue weighted by Gasteiger charge is 2.64. The second-order valence-corrected chi connectivity index (χ2v) is 8.40. The summed E-state index contributed by atoms with van der Waals surface area (Å²) in [4.78, 5) is 12.7. The van der Waals surface area contributed by atoms with Gasteiger partial charge in [0.1, 0.15) is 11.3 Å². The van der Waals surface area contributed by atoms with Crippen LogP contribution in [0, 0.1) is 0 Å². The number of aryl methyl sites for hydroxylation is 1. The molecule has 0 spiro atoms. The maximum Gasteiger partial charge on any atom is 0.459 e. The molecule has 178 valence electrons. The third kappa shape index (κ3) is 3.85. The molecule has 0 unspecified atom stereocenters. The van der Waals surface area contributed by atoms with Crippen molar-refractivity contribution in [3.05, 3.63) is 34.0 Å². The second kappa shape index (κ2) is 7.23. The lowest BCUT2D eigenvalue weighted by Gasteiger charge is -2.19. The van der Waals surface area contributed by atoms with E-state index in [9.17, 15) is 39.9 Å². The molecule has 3 aromatic heterocycles. The molecule has 16 heteroatoms. The van der Waals surface area contributed by atoms with Crippen molar-refractivity contribution in [1.82, 2.24) is 24.8 Å². The van der Waals surface area contributed by atoms with Gasteiger partial charge in [-0.1, -0.05) is 5.21 Å². The number of amides is 1. The van der Waals surface area contributed by atoms with Crippen molar-refractivity contribution in [3.63, 3.8) is 0 Å². The number of carbonyl (C=O) groups is 1. The monoisotopic (exact) mass is 500 g/mol. The normalized spacial score (nSPS) is 15.3. The Hall–Kier alpha value is -3.04. The fraction of sp³-hybridized carbons (Fsp3) is 0.412. The molecule has 0 aromatic carbocycles. The predicted molar refractivity (Wildman–Crippen MR) is 96.9 cm³/mol. The van der Waals surface area contributed by atoms with E-state index in [0.29, 0.717) is 14.4 Å². The molecule has 0 atom stereocenters. The topological polar surface area (TPSA) is 91.6 Å². The molecule has 1 aliphatic carbocycles. The lowest BCUT2D eigenvalue weighted by atomic mass is 10.1. The zero-order chi connectivity index (χ0) is 24.5. The van der Waals surface area contributed by atoms with E-state index in [1.165, 1.54) is 6.07 Å². The van der Waals surface area contributed by atoms with Gasteiger partial charge in [0.25, 0.3) is 0 Å². The number of nitrogens with zero attached hydrogens (tertiary/aromatic N) is 5. The Labute approximate surface area is 182 Å². The molecule has 7 nitrogen and oxygen atoms in total. The van der Waals surface area contributed by atoms with Gasteiger partial charge in [-0.2, -0.15) is 40.2 Å². The van der Waals surface area contributed by atoms with Crippen LogP contribution in [-0.4, -0.2) is 36.9 Å². The van der Waals surface area contributed by atoms with Crippen LogP contribution in [0.3, 0.4) is 0 Å². The van der Waals surface area contributed by atoms with Gasteiger partial charge in [0.2, 0.25) is 5.91 Å². The van der Waals surface area contributed by atoms with Gasteiger partial charge >= 0.3 is 18.3 Å². The molecule has 4 rings (SSSR count). The van der Waals surface area contributed by atoms with Crippen LogP contribution in [0.25, 0.3) is 16.4 Å². The van der Waals surface area contributed by atoms with Gasteiger partial charge < -0.3 is 5.73 Å². The minimum Gasteiger partial charge on any atom is -0.366 e. The maximum atomic E-state index is 13.8. The van der Waals surface area contributed by atoms with Gasteiger partial charge in [-0.15, -0.1) is 16.4 Å². The summed E-state index contributed by atoms with van der Waals surface area (Å²) in [6, 6.07) is 1.38. The molecule has 0 bridgehead atoms. The number of primary amides is 1. The quantitative estimate of drug-likeness (QED) is 0.527. The first-order chi connectivity index (χ1) is 15.1. The van der Waals surface area contributed by atoms with E-state index < -0.39 is 41.3 Å². The number of nitrogens with two attached hydrogens (primary N) is 1. The fourth-order valence-electron chi connectivity index (χ4n) is 3.25. The standard InChI is InChI=1S/C17H12F8N6OS/c1-30-14(10(16(20,21)22)12(28-30)15(18,19)17(23,24)25)31-5-8(27-29-31)9-4-7(13(26)32)11(33-9)6-2-3-6/h4-6H,2-3H2,1H3,(H2,26,32). The van der Waals surface area contributed by atoms with Crippen LogP contribution in [0.1, 0.15) is 45.3 Å². The van der Waals surface area contributed by atoms with Gasteiger partial charge in [-0.05, 0) is 24.8 Å². The van der Waals surface area contributed by atoms with Crippen molar-refractivity contribution < 1.29 is 39.9 Å². The third-order valence-corrected chi connectivity index (χ3v) is 6.21. The summed E-state index contributed by atoms with van der Waals surface area (Å²) in [5, 5.41) is 9.99. The number of hydrogen-bond donors (Lipinski definition) is 1. The lowest BCUT2D eigenvalue weighted by molar-refractivity contribution is -0.292. The molecule has 0 saturated heterocycles. The number of hydrogen-bond acceptors (Lipinski definition) is 5. The van der Waals surface area contributed by atoms with E-state index in [-0.39, 0.29) is 21.9 Å². The van der Waals surface area contributed by atoms with Crippen molar-refractivity contribution in [1.29, 1.82) is 0 Å². The summed E-state index contributed by atoms with van der Waals surface area (Å²) >= 11 is 1.12. The molecule has 1 aliphatic rings. The van der Waals surface area contributed by atoms with Crippen molar-refractivity contribution in [3.8, 4) is 16.4 Å². The van der Waals surface area contributed by atoms with Crippen molar-refractivity contribution in [2.75, 3.05) is 0 Å². The summed E-state index contributed by atoms with van der Waals surface area (Å²) in [5.41, 5.74) is 0.745. The Kier molecular flexibility index (Phi) is 5.07. The largest absolute Gasteiger partial charge is 0.459 e. The first kappa shape index (κ1) is 23.1. The average Bonchev–Trinajstić information content (AvgIpc) is 3.10. The highest BCUT2D eigenvalue weighted by molar-refractivity contribution is 7.16. The average molecular weight is 500 g/mol. The van der Waals surface area contributed by atoms with Crippen LogP contribution >= 0.6 is 11.3 Å². The summed E-state index contributed by atoms with van der Waals surface area (Å²) in [6.07, 6.45) is -9.37. The van der Waals surface area contributed by atoms with Crippen LogP contribution in [0.15, 0.2) is 12.3 Å². The van der Waals surface area contributed by atoms with E-state index >= 15 is 0 Å². The van der Waals surface area contributed by atoms with Crippen LogP contribution in [0.5, 0.6) is 0 Å². The Morgan fingerprint density at radius 1 is 1.15 bits per heavy atom. The van der Waals surface area contributed by atoms with Gasteiger partial charge in [-0.25, -0.2) is 9.36 Å². The molecule has 1 fully saturated rings. The SMILES string of the molecule is Cn1nc(C(F)(F)C(F)(F)F)c(C(F)(F)F)c1-n1cc(-c2cc(C(N)=O)c(C3CC3)s2)nn1. The summed E-state index contributed by atoms with van der Waals surface area (Å²) in [5.74, 6) is -7.66. The van der Waals surface area contributed by atoms with Crippen LogP contribution in [0.4, 0.5) is 35.1 Å². The van der Waals surface area contributed by atoms with Gasteiger partial charge in [-0.3, -0.25) is 4.79 Å². The zero-order valence-corrected chi connectivity index (χ0v) is 17.1. The molecule has 3 heterocycles. The fourth-order valence-corrected chi connectivity index (χ4v) is 4.53. The molecule has 2 N–H and O–H groups in total. The van der Waals surface area contributed by atoms with Crippen LogP contribution < -0.4 is 5.73 Å². The Bertz CT molecular complexity index is 1230. The summed E-state index contributed by atoms with van der Waals surface area (Å²) < 4.78 is 108. The second-order valence-electron chi connectivity index (χ2n) is 7.32. The highest BCUT2D eigenvalue weighted by Crippen LogP contribution is 2.50. The molecular formula is C17H12F8N6OS. The number of rotatable bonds is 5. The smallest absolute Gasteiger partial charge is 0.366 e. The Balaban J connectivity index is 1.84. The number of carbonyl (C=O) groups excluding carboxylic acids is 1. The Morgan fingerprint density at radius 3 is 2.30 bits per heavy atom. The number of aromatic nitrogens is 5. The van der Waals surface area contributed by atoms with Gasteiger partial charge in [0.05, 0.1) is 16.6 Å². The van der Waals surface area contributed by atoms with Crippen molar-refractivity contribution in [2.45, 2.75) is 37.0 Å². The third-order valence-electron chi connectivity index (χ3n) is 4.89. The maximum absolute atomic E-state index is 13.8. The number of halogens is 8. The number of alkyl halides is 8. The first-order valence-electron chi connectivity index (χ1n) is 9.08. The number of thiophene rings is 1. The molecule has 0 radical (unpaired) electrons. The summed E-state index contributed by atoms with van der Waals surface area (Å²) in [6.45, 7) is 0. The van der Waals surface area contributed by atoms with Crippen LogP contribution in [0.2, 0.25) is 0 Å². The highest BCUT2D eigenvalue weighted by atomic mass is 32.1. The first-order valence-corrected chi connectivity index (χ1v) is 9.90. The van der Waals surface area contributed by atoms with E-state index in [0.717, 1.165) is 37.4 Å². The minimum atomic E-state index is -6.31.